The van der Waals surface area contributed by atoms with Gasteiger partial charge in [-0.3, -0.25) is 9.89 Å². The Morgan fingerprint density at radius 1 is 1.12 bits per heavy atom. The molecule has 0 aliphatic carbocycles. The lowest BCUT2D eigenvalue weighted by molar-refractivity contribution is 0.102. The molecule has 2 aromatic heterocycles. The molecule has 3 aromatic rings. The minimum Gasteiger partial charge on any atom is -0.357 e. The van der Waals surface area contributed by atoms with Gasteiger partial charge in [0, 0.05) is 24.8 Å². The van der Waals surface area contributed by atoms with Gasteiger partial charge in [-0.1, -0.05) is 30.3 Å². The second-order valence-corrected chi connectivity index (χ2v) is 6.49. The minimum atomic E-state index is -0.188. The molecule has 1 fully saturated rings. The van der Waals surface area contributed by atoms with Crippen LogP contribution in [0.15, 0.2) is 48.7 Å². The molecule has 3 heterocycles. The number of benzene rings is 1. The zero-order valence-electron chi connectivity index (χ0n) is 14.7. The number of H-pyrrole nitrogens is 1. The van der Waals surface area contributed by atoms with Crippen molar-refractivity contribution in [2.24, 2.45) is 0 Å². The van der Waals surface area contributed by atoms with Crippen LogP contribution < -0.4 is 10.2 Å². The lowest BCUT2D eigenvalue weighted by Gasteiger charge is -2.16. The van der Waals surface area contributed by atoms with Gasteiger partial charge >= 0.3 is 0 Å². The van der Waals surface area contributed by atoms with Crippen LogP contribution in [0, 0.1) is 6.92 Å². The van der Waals surface area contributed by atoms with E-state index in [-0.39, 0.29) is 5.91 Å². The maximum absolute atomic E-state index is 12.7. The second kappa shape index (κ2) is 7.00. The van der Waals surface area contributed by atoms with Gasteiger partial charge in [-0.05, 0) is 31.9 Å². The second-order valence-electron chi connectivity index (χ2n) is 6.49. The quantitative estimate of drug-likeness (QED) is 0.756. The number of hydrogen-bond donors (Lipinski definition) is 2. The van der Waals surface area contributed by atoms with E-state index in [1.165, 1.54) is 12.8 Å². The number of carbonyl (C=O) groups excluding carboxylic acids is 1. The maximum atomic E-state index is 12.7. The van der Waals surface area contributed by atoms with Gasteiger partial charge < -0.3 is 10.2 Å². The Balaban J connectivity index is 1.54. The number of rotatable bonds is 4. The van der Waals surface area contributed by atoms with Crippen LogP contribution in [-0.2, 0) is 0 Å². The molecule has 1 aliphatic heterocycles. The first-order valence-electron chi connectivity index (χ1n) is 8.85. The Labute approximate surface area is 152 Å². The van der Waals surface area contributed by atoms with Crippen molar-refractivity contribution in [1.29, 1.82) is 0 Å². The van der Waals surface area contributed by atoms with Crippen LogP contribution in [0.1, 0.15) is 28.9 Å². The van der Waals surface area contributed by atoms with Gasteiger partial charge in [0.2, 0.25) is 0 Å². The number of amides is 1. The molecule has 0 saturated carbocycles. The van der Waals surface area contributed by atoms with Crippen molar-refractivity contribution >= 4 is 17.4 Å². The number of aromatic amines is 1. The molecule has 0 atom stereocenters. The number of carbonyl (C=O) groups is 1. The summed E-state index contributed by atoms with van der Waals surface area (Å²) in [6.07, 6.45) is 4.04. The highest BCUT2D eigenvalue weighted by Crippen LogP contribution is 2.28. The first-order chi connectivity index (χ1) is 12.7. The highest BCUT2D eigenvalue weighted by atomic mass is 16.1. The molecule has 1 aliphatic rings. The summed E-state index contributed by atoms with van der Waals surface area (Å²) in [7, 11) is 0. The van der Waals surface area contributed by atoms with Crippen molar-refractivity contribution in [3.05, 3.63) is 59.9 Å². The van der Waals surface area contributed by atoms with Crippen LogP contribution in [0.25, 0.3) is 11.3 Å². The van der Waals surface area contributed by atoms with E-state index in [0.717, 1.165) is 35.9 Å². The molecule has 4 rings (SSSR count). The first-order valence-corrected chi connectivity index (χ1v) is 8.85. The fourth-order valence-corrected chi connectivity index (χ4v) is 3.23. The third-order valence-electron chi connectivity index (χ3n) is 4.67. The zero-order chi connectivity index (χ0) is 17.9. The Hall–Kier alpha value is -3.15. The third kappa shape index (κ3) is 3.18. The minimum absolute atomic E-state index is 0.188. The standard InChI is InChI=1S/C20H21N5O/c1-14-18(19(24-23-14)15-7-3-2-4-8-15)22-20(26)16-9-10-17(21-13-16)25-11-5-6-12-25/h2-4,7-10,13H,5-6,11-12H2,1H3,(H,22,26)(H,23,24). The Bertz CT molecular complexity index is 896. The lowest BCUT2D eigenvalue weighted by atomic mass is 10.1. The van der Waals surface area contributed by atoms with Crippen molar-refractivity contribution in [2.45, 2.75) is 19.8 Å². The van der Waals surface area contributed by atoms with Crippen molar-refractivity contribution in [1.82, 2.24) is 15.2 Å². The summed E-state index contributed by atoms with van der Waals surface area (Å²) in [5.41, 5.74) is 3.74. The Morgan fingerprint density at radius 3 is 2.58 bits per heavy atom. The molecule has 1 amide bonds. The van der Waals surface area contributed by atoms with Crippen molar-refractivity contribution in [2.75, 3.05) is 23.3 Å². The van der Waals surface area contributed by atoms with Crippen LogP contribution in [-0.4, -0.2) is 34.2 Å². The summed E-state index contributed by atoms with van der Waals surface area (Å²) < 4.78 is 0. The number of anilines is 2. The molecule has 26 heavy (non-hydrogen) atoms. The topological polar surface area (TPSA) is 73.9 Å². The summed E-state index contributed by atoms with van der Waals surface area (Å²) in [6.45, 7) is 3.96. The van der Waals surface area contributed by atoms with E-state index in [1.807, 2.05) is 49.4 Å². The van der Waals surface area contributed by atoms with Gasteiger partial charge in [-0.2, -0.15) is 5.10 Å². The summed E-state index contributed by atoms with van der Waals surface area (Å²) in [5, 5.41) is 10.3. The molecule has 1 aromatic carbocycles. The monoisotopic (exact) mass is 347 g/mol. The van der Waals surface area contributed by atoms with Gasteiger partial charge in [0.15, 0.2) is 0 Å². The molecule has 0 radical (unpaired) electrons. The van der Waals surface area contributed by atoms with Gasteiger partial charge in [0.1, 0.15) is 11.5 Å². The molecule has 132 valence electrons. The van der Waals surface area contributed by atoms with E-state index < -0.39 is 0 Å². The summed E-state index contributed by atoms with van der Waals surface area (Å²) >= 11 is 0. The molecule has 1 saturated heterocycles. The van der Waals surface area contributed by atoms with E-state index >= 15 is 0 Å². The fraction of sp³-hybridized carbons (Fsp3) is 0.250. The summed E-state index contributed by atoms with van der Waals surface area (Å²) in [4.78, 5) is 19.4. The normalized spacial score (nSPS) is 13.8. The third-order valence-corrected chi connectivity index (χ3v) is 4.67. The Morgan fingerprint density at radius 2 is 1.88 bits per heavy atom. The summed E-state index contributed by atoms with van der Waals surface area (Å²) in [6, 6.07) is 13.5. The predicted octanol–water partition coefficient (Wildman–Crippen LogP) is 3.63. The van der Waals surface area contributed by atoms with Crippen LogP contribution in [0.3, 0.4) is 0 Å². The van der Waals surface area contributed by atoms with Gasteiger partial charge in [0.25, 0.3) is 5.91 Å². The molecule has 6 heteroatoms. The van der Waals surface area contributed by atoms with Crippen molar-refractivity contribution < 1.29 is 4.79 Å². The fourth-order valence-electron chi connectivity index (χ4n) is 3.23. The maximum Gasteiger partial charge on any atom is 0.257 e. The number of hydrogen-bond acceptors (Lipinski definition) is 4. The number of aryl methyl sites for hydroxylation is 1. The molecular weight excluding hydrogens is 326 g/mol. The van der Waals surface area contributed by atoms with Crippen molar-refractivity contribution in [3.8, 4) is 11.3 Å². The predicted molar refractivity (Wildman–Crippen MR) is 102 cm³/mol. The smallest absolute Gasteiger partial charge is 0.257 e. The molecular formula is C20H21N5O. The van der Waals surface area contributed by atoms with E-state index in [0.29, 0.717) is 11.3 Å². The highest BCUT2D eigenvalue weighted by Gasteiger charge is 2.17. The first kappa shape index (κ1) is 16.3. The van der Waals surface area contributed by atoms with E-state index in [2.05, 4.69) is 25.4 Å². The van der Waals surface area contributed by atoms with Crippen LogP contribution in [0.2, 0.25) is 0 Å². The number of pyridine rings is 1. The van der Waals surface area contributed by atoms with Gasteiger partial charge in [-0.15, -0.1) is 0 Å². The average Bonchev–Trinajstić information content (AvgIpc) is 3.34. The zero-order valence-corrected chi connectivity index (χ0v) is 14.7. The summed E-state index contributed by atoms with van der Waals surface area (Å²) in [5.74, 6) is 0.746. The van der Waals surface area contributed by atoms with Crippen LogP contribution in [0.5, 0.6) is 0 Å². The highest BCUT2D eigenvalue weighted by molar-refractivity contribution is 6.06. The average molecular weight is 347 g/mol. The van der Waals surface area contributed by atoms with Crippen molar-refractivity contribution in [3.63, 3.8) is 0 Å². The molecule has 0 bridgehead atoms. The van der Waals surface area contributed by atoms with Gasteiger partial charge in [0.05, 0.1) is 16.9 Å². The van der Waals surface area contributed by atoms with E-state index in [1.54, 1.807) is 6.20 Å². The van der Waals surface area contributed by atoms with Gasteiger partial charge in [-0.25, -0.2) is 4.98 Å². The molecule has 0 spiro atoms. The van der Waals surface area contributed by atoms with E-state index in [4.69, 9.17) is 0 Å². The van der Waals surface area contributed by atoms with Crippen LogP contribution in [0.4, 0.5) is 11.5 Å². The molecule has 6 nitrogen and oxygen atoms in total. The van der Waals surface area contributed by atoms with Crippen LogP contribution >= 0.6 is 0 Å². The molecule has 2 N–H and O–H groups in total. The number of nitrogens with one attached hydrogen (secondary N) is 2. The number of nitrogens with zero attached hydrogens (tertiary/aromatic N) is 3. The largest absolute Gasteiger partial charge is 0.357 e. The SMILES string of the molecule is Cc1[nH]nc(-c2ccccc2)c1NC(=O)c1ccc(N2CCCC2)nc1. The Kier molecular flexibility index (Phi) is 4.39. The number of aromatic nitrogens is 3. The molecule has 0 unspecified atom stereocenters. The van der Waals surface area contributed by atoms with E-state index in [9.17, 15) is 4.79 Å². The lowest BCUT2D eigenvalue weighted by Crippen LogP contribution is -2.19.